The van der Waals surface area contributed by atoms with Crippen LogP contribution in [0.3, 0.4) is 0 Å². The van der Waals surface area contributed by atoms with Gasteiger partial charge >= 0.3 is 6.18 Å². The summed E-state index contributed by atoms with van der Waals surface area (Å²) in [6, 6.07) is 0. The monoisotopic (exact) mass is 287 g/mol. The van der Waals surface area contributed by atoms with E-state index in [9.17, 15) is 18.0 Å². The zero-order chi connectivity index (χ0) is 14.8. The van der Waals surface area contributed by atoms with Gasteiger partial charge in [-0.15, -0.1) is 16.6 Å². The average molecular weight is 287 g/mol. The Morgan fingerprint density at radius 3 is 2.80 bits per heavy atom. The first kappa shape index (κ1) is 14.3. The quantitative estimate of drug-likeness (QED) is 0.786. The van der Waals surface area contributed by atoms with Crippen LogP contribution in [-0.2, 0) is 24.1 Å². The van der Waals surface area contributed by atoms with Gasteiger partial charge in [0.25, 0.3) is 0 Å². The third-order valence-corrected chi connectivity index (χ3v) is 2.84. The Morgan fingerprint density at radius 1 is 1.40 bits per heavy atom. The predicted molar refractivity (Wildman–Crippen MR) is 62.1 cm³/mol. The van der Waals surface area contributed by atoms with Gasteiger partial charge in [0.2, 0.25) is 11.7 Å². The number of terminal acetylenes is 1. The van der Waals surface area contributed by atoms with Crippen molar-refractivity contribution in [2.75, 3.05) is 19.6 Å². The van der Waals surface area contributed by atoms with Crippen LogP contribution in [-0.4, -0.2) is 45.2 Å². The van der Waals surface area contributed by atoms with Crippen molar-refractivity contribution in [2.45, 2.75) is 19.3 Å². The molecule has 1 aromatic rings. The molecule has 9 heteroatoms. The lowest BCUT2D eigenvalue weighted by Crippen LogP contribution is -2.42. The standard InChI is InChI=1S/C11H12F3N5O/c1-2-3-15-9(20)7-18-4-5-19-8(6-18)16-17-10(19)11(12,13)14/h1H,3-7H2,(H,15,20). The van der Waals surface area contributed by atoms with Gasteiger partial charge in [-0.05, 0) is 0 Å². The Labute approximate surface area is 113 Å². The molecule has 0 spiro atoms. The van der Waals surface area contributed by atoms with Crippen molar-refractivity contribution in [2.24, 2.45) is 0 Å². The molecule has 6 nitrogen and oxygen atoms in total. The maximum absolute atomic E-state index is 12.6. The van der Waals surface area contributed by atoms with E-state index in [-0.39, 0.29) is 37.9 Å². The van der Waals surface area contributed by atoms with Gasteiger partial charge in [0, 0.05) is 13.1 Å². The van der Waals surface area contributed by atoms with Crippen molar-refractivity contribution in [1.29, 1.82) is 0 Å². The van der Waals surface area contributed by atoms with E-state index in [2.05, 4.69) is 21.4 Å². The number of alkyl halides is 3. The highest BCUT2D eigenvalue weighted by atomic mass is 19.4. The van der Waals surface area contributed by atoms with Crippen molar-refractivity contribution in [3.05, 3.63) is 11.6 Å². The third kappa shape index (κ3) is 3.08. The van der Waals surface area contributed by atoms with Crippen molar-refractivity contribution in [3.8, 4) is 12.3 Å². The highest BCUT2D eigenvalue weighted by Crippen LogP contribution is 2.29. The van der Waals surface area contributed by atoms with Crippen LogP contribution in [0.2, 0.25) is 0 Å². The number of hydrogen-bond acceptors (Lipinski definition) is 4. The fourth-order valence-electron chi connectivity index (χ4n) is 1.96. The van der Waals surface area contributed by atoms with Gasteiger partial charge < -0.3 is 9.88 Å². The lowest BCUT2D eigenvalue weighted by atomic mass is 10.3. The van der Waals surface area contributed by atoms with Gasteiger partial charge in [-0.3, -0.25) is 9.69 Å². The Morgan fingerprint density at radius 2 is 2.15 bits per heavy atom. The second kappa shape index (κ2) is 5.50. The fourth-order valence-corrected chi connectivity index (χ4v) is 1.96. The number of rotatable bonds is 3. The van der Waals surface area contributed by atoms with Crippen LogP contribution in [0, 0.1) is 12.3 Å². The number of carbonyl (C=O) groups is 1. The van der Waals surface area contributed by atoms with Gasteiger partial charge in [0.1, 0.15) is 5.82 Å². The van der Waals surface area contributed by atoms with Gasteiger partial charge in [0.05, 0.1) is 19.6 Å². The first-order chi connectivity index (χ1) is 9.41. The molecule has 2 rings (SSSR count). The first-order valence-electron chi connectivity index (χ1n) is 5.83. The Hall–Kier alpha value is -2.08. The number of fused-ring (bicyclic) bond motifs is 1. The highest BCUT2D eigenvalue weighted by molar-refractivity contribution is 5.78. The number of halogens is 3. The summed E-state index contributed by atoms with van der Waals surface area (Å²) in [5, 5.41) is 9.19. The van der Waals surface area contributed by atoms with Crippen LogP contribution in [0.4, 0.5) is 13.2 Å². The van der Waals surface area contributed by atoms with Crippen molar-refractivity contribution in [3.63, 3.8) is 0 Å². The molecule has 1 aliphatic heterocycles. The van der Waals surface area contributed by atoms with Crippen LogP contribution in [0.25, 0.3) is 0 Å². The predicted octanol–water partition coefficient (Wildman–Crippen LogP) is -0.138. The molecule has 0 fully saturated rings. The molecule has 0 unspecified atom stereocenters. The van der Waals surface area contributed by atoms with Gasteiger partial charge in [-0.25, -0.2) is 0 Å². The lowest BCUT2D eigenvalue weighted by Gasteiger charge is -2.27. The van der Waals surface area contributed by atoms with E-state index < -0.39 is 12.0 Å². The molecule has 0 atom stereocenters. The lowest BCUT2D eigenvalue weighted by molar-refractivity contribution is -0.148. The Balaban J connectivity index is 2.01. The van der Waals surface area contributed by atoms with Crippen molar-refractivity contribution >= 4 is 5.91 Å². The van der Waals surface area contributed by atoms with E-state index >= 15 is 0 Å². The highest BCUT2D eigenvalue weighted by Gasteiger charge is 2.39. The molecule has 0 radical (unpaired) electrons. The average Bonchev–Trinajstić information content (AvgIpc) is 2.79. The summed E-state index contributed by atoms with van der Waals surface area (Å²) in [6.07, 6.45) is 0.494. The van der Waals surface area contributed by atoms with E-state index in [0.717, 1.165) is 4.57 Å². The largest absolute Gasteiger partial charge is 0.451 e. The van der Waals surface area contributed by atoms with Gasteiger partial charge in [-0.1, -0.05) is 5.92 Å². The Kier molecular flexibility index (Phi) is 3.94. The zero-order valence-electron chi connectivity index (χ0n) is 10.4. The van der Waals surface area contributed by atoms with E-state index in [1.807, 2.05) is 0 Å². The number of aromatic nitrogens is 3. The summed E-state index contributed by atoms with van der Waals surface area (Å²) in [6.45, 7) is 0.751. The summed E-state index contributed by atoms with van der Waals surface area (Å²) >= 11 is 0. The summed E-state index contributed by atoms with van der Waals surface area (Å²) in [7, 11) is 0. The molecule has 0 bridgehead atoms. The topological polar surface area (TPSA) is 63.1 Å². The minimum Gasteiger partial charge on any atom is -0.344 e. The number of hydrogen-bond donors (Lipinski definition) is 1. The van der Waals surface area contributed by atoms with Gasteiger partial charge in [0.15, 0.2) is 0 Å². The second-order valence-electron chi connectivity index (χ2n) is 4.28. The normalized spacial score (nSPS) is 15.5. The number of nitrogens with zero attached hydrogens (tertiary/aromatic N) is 4. The van der Waals surface area contributed by atoms with Crippen LogP contribution in [0.5, 0.6) is 0 Å². The molecule has 1 aliphatic rings. The molecule has 20 heavy (non-hydrogen) atoms. The van der Waals surface area contributed by atoms with Crippen LogP contribution < -0.4 is 5.32 Å². The van der Waals surface area contributed by atoms with E-state index in [4.69, 9.17) is 6.42 Å². The van der Waals surface area contributed by atoms with Crippen molar-refractivity contribution < 1.29 is 18.0 Å². The fraction of sp³-hybridized carbons (Fsp3) is 0.545. The van der Waals surface area contributed by atoms with Crippen LogP contribution >= 0.6 is 0 Å². The molecular weight excluding hydrogens is 275 g/mol. The summed E-state index contributed by atoms with van der Waals surface area (Å²) in [4.78, 5) is 13.2. The SMILES string of the molecule is C#CCNC(=O)CN1CCn2c(nnc2C(F)(F)F)C1. The number of carbonyl (C=O) groups excluding carboxylic acids is 1. The van der Waals surface area contributed by atoms with Gasteiger partial charge in [-0.2, -0.15) is 13.2 Å². The maximum atomic E-state index is 12.6. The minimum absolute atomic E-state index is 0.0654. The second-order valence-corrected chi connectivity index (χ2v) is 4.28. The minimum atomic E-state index is -4.52. The molecular formula is C11H12F3N5O. The molecule has 0 aromatic carbocycles. The molecule has 1 aromatic heterocycles. The molecule has 0 aliphatic carbocycles. The third-order valence-electron chi connectivity index (χ3n) is 2.84. The number of amides is 1. The van der Waals surface area contributed by atoms with E-state index in [1.165, 1.54) is 0 Å². The zero-order valence-corrected chi connectivity index (χ0v) is 10.4. The molecule has 108 valence electrons. The molecule has 0 saturated heterocycles. The summed E-state index contributed by atoms with van der Waals surface area (Å²) in [5.41, 5.74) is 0. The molecule has 2 heterocycles. The Bertz CT molecular complexity index is 545. The number of nitrogens with one attached hydrogen (secondary N) is 1. The molecule has 0 saturated carbocycles. The van der Waals surface area contributed by atoms with Crippen LogP contribution in [0.1, 0.15) is 11.6 Å². The summed E-state index contributed by atoms with van der Waals surface area (Å²) in [5.74, 6) is 1.20. The maximum Gasteiger partial charge on any atom is 0.451 e. The smallest absolute Gasteiger partial charge is 0.344 e. The van der Waals surface area contributed by atoms with Crippen LogP contribution in [0.15, 0.2) is 0 Å². The summed E-state index contributed by atoms with van der Waals surface area (Å²) < 4.78 is 38.9. The molecule has 1 amide bonds. The molecule has 1 N–H and O–H groups in total. The first-order valence-corrected chi connectivity index (χ1v) is 5.83. The van der Waals surface area contributed by atoms with E-state index in [0.29, 0.717) is 6.54 Å². The van der Waals surface area contributed by atoms with Crippen molar-refractivity contribution in [1.82, 2.24) is 25.0 Å². The van der Waals surface area contributed by atoms with E-state index in [1.54, 1.807) is 4.90 Å².